The Balaban J connectivity index is 1.27. The second kappa shape index (κ2) is 16.7. The van der Waals surface area contributed by atoms with E-state index in [0.717, 1.165) is 45.1 Å². The minimum absolute atomic E-state index is 0.302. The van der Waals surface area contributed by atoms with Crippen molar-refractivity contribution in [1.29, 1.82) is 0 Å². The van der Waals surface area contributed by atoms with Crippen molar-refractivity contribution in [3.8, 4) is 0 Å². The molecule has 6 nitrogen and oxygen atoms in total. The molecule has 0 aliphatic carbocycles. The Kier molecular flexibility index (Phi) is 11.7. The summed E-state index contributed by atoms with van der Waals surface area (Å²) in [7, 11) is 0. The first kappa shape index (κ1) is 33.6. The number of rotatable bonds is 13. The van der Waals surface area contributed by atoms with Crippen molar-refractivity contribution in [2.75, 3.05) is 24.7 Å². The van der Waals surface area contributed by atoms with Gasteiger partial charge in [-0.15, -0.1) is 23.5 Å². The average molecular weight is 683 g/mol. The van der Waals surface area contributed by atoms with Gasteiger partial charge in [-0.25, -0.2) is 0 Å². The molecule has 0 aromatic heterocycles. The Morgan fingerprint density at radius 3 is 1.67 bits per heavy atom. The molecule has 250 valence electrons. The first-order valence-electron chi connectivity index (χ1n) is 16.7. The van der Waals surface area contributed by atoms with Gasteiger partial charge in [-0.1, -0.05) is 121 Å². The summed E-state index contributed by atoms with van der Waals surface area (Å²) in [5.74, 6) is 0.882. The van der Waals surface area contributed by atoms with E-state index in [9.17, 15) is 0 Å². The Labute approximate surface area is 292 Å². The number of hydrogen-bond acceptors (Lipinski definition) is 8. The maximum atomic E-state index is 7.24. The van der Waals surface area contributed by atoms with E-state index in [-0.39, 0.29) is 0 Å². The zero-order valence-electron chi connectivity index (χ0n) is 27.0. The van der Waals surface area contributed by atoms with Crippen molar-refractivity contribution in [1.82, 2.24) is 0 Å². The van der Waals surface area contributed by atoms with Crippen LogP contribution in [0.2, 0.25) is 0 Å². The molecule has 1 fully saturated rings. The Morgan fingerprint density at radius 1 is 0.583 bits per heavy atom. The third-order valence-electron chi connectivity index (χ3n) is 8.75. The number of benzene rings is 4. The fourth-order valence-corrected chi connectivity index (χ4v) is 9.09. The van der Waals surface area contributed by atoms with Crippen LogP contribution >= 0.6 is 23.5 Å². The number of fused-ring (bicyclic) bond motifs is 1. The molecule has 0 saturated carbocycles. The van der Waals surface area contributed by atoms with Crippen molar-refractivity contribution in [3.63, 3.8) is 0 Å². The molecule has 8 heteroatoms. The van der Waals surface area contributed by atoms with Gasteiger partial charge in [0.05, 0.1) is 44.5 Å². The number of ether oxygens (including phenoxy) is 6. The molecule has 3 heterocycles. The minimum atomic E-state index is -1.16. The second-order valence-corrected chi connectivity index (χ2v) is 14.4. The van der Waals surface area contributed by atoms with Crippen LogP contribution in [0.15, 0.2) is 131 Å². The van der Waals surface area contributed by atoms with Crippen molar-refractivity contribution >= 4 is 23.5 Å². The van der Waals surface area contributed by atoms with E-state index in [0.29, 0.717) is 39.6 Å². The molecular weight excluding hydrogens is 641 g/mol. The quantitative estimate of drug-likeness (QED) is 0.140. The molecule has 0 radical (unpaired) electrons. The summed E-state index contributed by atoms with van der Waals surface area (Å²) in [6.45, 7) is 2.47. The summed E-state index contributed by atoms with van der Waals surface area (Å²) in [5, 5.41) is 0. The third-order valence-corrected chi connectivity index (χ3v) is 11.5. The highest BCUT2D eigenvalue weighted by atomic mass is 32.2. The first-order valence-corrected chi connectivity index (χ1v) is 18.6. The maximum Gasteiger partial charge on any atom is 0.232 e. The second-order valence-electron chi connectivity index (χ2n) is 12.1. The Bertz CT molecular complexity index is 1590. The van der Waals surface area contributed by atoms with E-state index in [1.807, 2.05) is 96.3 Å². The molecule has 48 heavy (non-hydrogen) atoms. The lowest BCUT2D eigenvalue weighted by atomic mass is 9.89. The van der Waals surface area contributed by atoms with Crippen molar-refractivity contribution in [2.45, 2.75) is 63.1 Å². The molecule has 1 spiro atoms. The van der Waals surface area contributed by atoms with Crippen LogP contribution in [0.4, 0.5) is 0 Å². The van der Waals surface area contributed by atoms with Gasteiger partial charge in [0.2, 0.25) is 5.79 Å². The van der Waals surface area contributed by atoms with Gasteiger partial charge in [0, 0.05) is 22.8 Å². The monoisotopic (exact) mass is 682 g/mol. The number of hydrogen-bond donors (Lipinski definition) is 0. The fraction of sp³-hybridized carbons (Fsp3) is 0.350. The van der Waals surface area contributed by atoms with Crippen LogP contribution in [-0.4, -0.2) is 54.9 Å². The van der Waals surface area contributed by atoms with Crippen LogP contribution < -0.4 is 0 Å². The molecule has 1 saturated heterocycles. The first-order chi connectivity index (χ1) is 23.8. The lowest BCUT2D eigenvalue weighted by molar-refractivity contribution is -0.367. The predicted molar refractivity (Wildman–Crippen MR) is 191 cm³/mol. The van der Waals surface area contributed by atoms with Crippen molar-refractivity contribution in [2.24, 2.45) is 0 Å². The van der Waals surface area contributed by atoms with Gasteiger partial charge >= 0.3 is 0 Å². The summed E-state index contributed by atoms with van der Waals surface area (Å²) in [6.07, 6.45) is -1.27. The summed E-state index contributed by atoms with van der Waals surface area (Å²) < 4.78 is 41.3. The Hall–Kier alpha value is -2.92. The summed E-state index contributed by atoms with van der Waals surface area (Å²) in [4.78, 5) is 2.42. The minimum Gasteiger partial charge on any atom is -0.374 e. The van der Waals surface area contributed by atoms with Gasteiger partial charge < -0.3 is 28.4 Å². The highest BCUT2D eigenvalue weighted by Crippen LogP contribution is 2.52. The largest absolute Gasteiger partial charge is 0.374 e. The number of thioether (sulfide) groups is 2. The Morgan fingerprint density at radius 2 is 1.08 bits per heavy atom. The van der Waals surface area contributed by atoms with Crippen LogP contribution in [0.3, 0.4) is 0 Å². The van der Waals surface area contributed by atoms with E-state index < -0.39 is 30.2 Å². The van der Waals surface area contributed by atoms with Gasteiger partial charge in [0.1, 0.15) is 24.4 Å². The van der Waals surface area contributed by atoms with Gasteiger partial charge in [-0.2, -0.15) is 0 Å². The van der Waals surface area contributed by atoms with Gasteiger partial charge in [-0.3, -0.25) is 0 Å². The zero-order valence-corrected chi connectivity index (χ0v) is 28.6. The summed E-state index contributed by atoms with van der Waals surface area (Å²) in [5.41, 5.74) is 4.32. The zero-order chi connectivity index (χ0) is 32.4. The molecule has 4 aromatic rings. The SMILES string of the molecule is c1ccc(COC[C@H]2O[C@]3(OCCC4=C3SCCS4)[C@H](OCc3ccccc3)[C@@H](OCc3ccccc3)[C@@H]2OCc2ccccc2)cc1. The highest BCUT2D eigenvalue weighted by molar-refractivity contribution is 8.10. The van der Waals surface area contributed by atoms with E-state index >= 15 is 0 Å². The van der Waals surface area contributed by atoms with Crippen molar-refractivity contribution < 1.29 is 28.4 Å². The predicted octanol–water partition coefficient (Wildman–Crippen LogP) is 8.17. The highest BCUT2D eigenvalue weighted by Gasteiger charge is 2.61. The molecule has 3 aliphatic rings. The topological polar surface area (TPSA) is 55.4 Å². The summed E-state index contributed by atoms with van der Waals surface area (Å²) >= 11 is 3.73. The van der Waals surface area contributed by atoms with Crippen LogP contribution in [0, 0.1) is 0 Å². The fourth-order valence-electron chi connectivity index (χ4n) is 6.43. The standard InChI is InChI=1S/C40H42O6S2/c1-5-13-30(14-6-1)25-41-29-34-36(42-26-31-15-7-2-8-16-31)37(43-27-32-17-9-3-10-18-32)38(44-28-33-19-11-4-12-20-33)40(46-34)39-35(21-22-45-40)47-23-24-48-39/h1-20,34,36-38H,21-29H2/t34-,36-,37+,38-,40-/m1/s1. The third kappa shape index (κ3) is 8.09. The van der Waals surface area contributed by atoms with Crippen LogP contribution in [0.1, 0.15) is 28.7 Å². The molecule has 5 atom stereocenters. The lowest BCUT2D eigenvalue weighted by Gasteiger charge is -2.54. The molecule has 0 unspecified atom stereocenters. The smallest absolute Gasteiger partial charge is 0.232 e. The van der Waals surface area contributed by atoms with Crippen LogP contribution in [0.5, 0.6) is 0 Å². The van der Waals surface area contributed by atoms with Gasteiger partial charge in [0.25, 0.3) is 0 Å². The lowest BCUT2D eigenvalue weighted by Crippen LogP contribution is -2.69. The normalized spacial score (nSPS) is 25.6. The molecule has 7 rings (SSSR count). The van der Waals surface area contributed by atoms with E-state index in [4.69, 9.17) is 28.4 Å². The summed E-state index contributed by atoms with van der Waals surface area (Å²) in [6, 6.07) is 41.0. The molecule has 0 amide bonds. The molecular formula is C40H42O6S2. The molecule has 0 N–H and O–H groups in total. The van der Waals surface area contributed by atoms with E-state index in [1.165, 1.54) is 4.91 Å². The van der Waals surface area contributed by atoms with E-state index in [2.05, 4.69) is 48.5 Å². The van der Waals surface area contributed by atoms with Crippen LogP contribution in [-0.2, 0) is 54.8 Å². The van der Waals surface area contributed by atoms with Crippen molar-refractivity contribution in [3.05, 3.63) is 153 Å². The van der Waals surface area contributed by atoms with Crippen LogP contribution in [0.25, 0.3) is 0 Å². The molecule has 0 bridgehead atoms. The van der Waals surface area contributed by atoms with E-state index in [1.54, 1.807) is 0 Å². The maximum absolute atomic E-state index is 7.24. The van der Waals surface area contributed by atoms with Gasteiger partial charge in [-0.05, 0) is 22.3 Å². The molecule has 4 aromatic carbocycles. The average Bonchev–Trinajstić information content (AvgIpc) is 3.15. The molecule has 3 aliphatic heterocycles. The van der Waals surface area contributed by atoms with Gasteiger partial charge in [0.15, 0.2) is 0 Å².